The second-order valence-electron chi connectivity index (χ2n) is 3.79. The molecule has 88 valence electrons. The van der Waals surface area contributed by atoms with Gasteiger partial charge in [-0.2, -0.15) is 0 Å². The summed E-state index contributed by atoms with van der Waals surface area (Å²) in [5, 5.41) is 0. The molecule has 3 nitrogen and oxygen atoms in total. The highest BCUT2D eigenvalue weighted by Crippen LogP contribution is 2.11. The summed E-state index contributed by atoms with van der Waals surface area (Å²) in [6, 6.07) is 2.57. The molecule has 0 fully saturated rings. The zero-order valence-electron chi connectivity index (χ0n) is 9.21. The number of hydrogen-bond acceptors (Lipinski definition) is 2. The minimum absolute atomic E-state index is 0.217. The Morgan fingerprint density at radius 3 is 2.69 bits per heavy atom. The highest BCUT2D eigenvalue weighted by Gasteiger charge is 2.17. The SMILES string of the molecule is CC(N)CN(C)C(=O)c1cc(F)ccc1F. The smallest absolute Gasteiger partial charge is 0.256 e. The van der Waals surface area contributed by atoms with Crippen molar-refractivity contribution in [3.8, 4) is 0 Å². The molecule has 0 spiro atoms. The lowest BCUT2D eigenvalue weighted by Gasteiger charge is -2.19. The first kappa shape index (κ1) is 12.6. The summed E-state index contributed by atoms with van der Waals surface area (Å²) in [5.41, 5.74) is 5.24. The molecule has 0 aliphatic carbocycles. The Hall–Kier alpha value is -1.49. The van der Waals surface area contributed by atoms with Crippen LogP contribution in [0.4, 0.5) is 8.78 Å². The minimum atomic E-state index is -0.733. The quantitative estimate of drug-likeness (QED) is 0.849. The van der Waals surface area contributed by atoms with Crippen LogP contribution in [0.15, 0.2) is 18.2 Å². The summed E-state index contributed by atoms with van der Waals surface area (Å²) < 4.78 is 26.1. The molecule has 1 aromatic carbocycles. The third kappa shape index (κ3) is 3.00. The molecule has 1 rings (SSSR count). The monoisotopic (exact) mass is 228 g/mol. The summed E-state index contributed by atoms with van der Waals surface area (Å²) >= 11 is 0. The molecule has 2 N–H and O–H groups in total. The van der Waals surface area contributed by atoms with Gasteiger partial charge in [-0.15, -0.1) is 0 Å². The van der Waals surface area contributed by atoms with E-state index in [-0.39, 0.29) is 18.2 Å². The molecule has 0 heterocycles. The second kappa shape index (κ2) is 5.03. The Labute approximate surface area is 92.8 Å². The van der Waals surface area contributed by atoms with E-state index in [1.165, 1.54) is 11.9 Å². The van der Waals surface area contributed by atoms with Gasteiger partial charge in [0.25, 0.3) is 5.91 Å². The van der Waals surface area contributed by atoms with Crippen molar-refractivity contribution in [1.29, 1.82) is 0 Å². The zero-order valence-corrected chi connectivity index (χ0v) is 9.21. The van der Waals surface area contributed by atoms with Crippen molar-refractivity contribution in [3.63, 3.8) is 0 Å². The van der Waals surface area contributed by atoms with Crippen molar-refractivity contribution in [2.24, 2.45) is 5.73 Å². The van der Waals surface area contributed by atoms with Crippen LogP contribution in [-0.2, 0) is 0 Å². The van der Waals surface area contributed by atoms with Crippen molar-refractivity contribution in [2.75, 3.05) is 13.6 Å². The Balaban J connectivity index is 2.91. The number of carbonyl (C=O) groups is 1. The van der Waals surface area contributed by atoms with Gasteiger partial charge in [0.15, 0.2) is 0 Å². The summed E-state index contributed by atoms with van der Waals surface area (Å²) in [7, 11) is 1.50. The molecular formula is C11H14F2N2O. The van der Waals surface area contributed by atoms with Crippen LogP contribution in [0.2, 0.25) is 0 Å². The maximum atomic E-state index is 13.3. The molecule has 0 bridgehead atoms. The molecule has 1 amide bonds. The van der Waals surface area contributed by atoms with Crippen LogP contribution < -0.4 is 5.73 Å². The van der Waals surface area contributed by atoms with Gasteiger partial charge in [-0.3, -0.25) is 4.79 Å². The van der Waals surface area contributed by atoms with Gasteiger partial charge in [0.2, 0.25) is 0 Å². The molecular weight excluding hydrogens is 214 g/mol. The van der Waals surface area contributed by atoms with E-state index in [0.717, 1.165) is 18.2 Å². The lowest BCUT2D eigenvalue weighted by Crippen LogP contribution is -2.37. The van der Waals surface area contributed by atoms with Crippen LogP contribution >= 0.6 is 0 Å². The number of rotatable bonds is 3. The van der Waals surface area contributed by atoms with Gasteiger partial charge in [0.05, 0.1) is 5.56 Å². The normalized spacial score (nSPS) is 12.3. The van der Waals surface area contributed by atoms with E-state index in [1.54, 1.807) is 6.92 Å². The predicted octanol–water partition coefficient (Wildman–Crippen LogP) is 1.38. The number of amides is 1. The molecule has 1 atom stereocenters. The van der Waals surface area contributed by atoms with E-state index >= 15 is 0 Å². The first-order valence-electron chi connectivity index (χ1n) is 4.88. The number of benzene rings is 1. The number of nitrogens with two attached hydrogens (primary N) is 1. The molecule has 1 unspecified atom stereocenters. The highest BCUT2D eigenvalue weighted by molar-refractivity contribution is 5.94. The average molecular weight is 228 g/mol. The molecule has 0 aromatic heterocycles. The van der Waals surface area contributed by atoms with Gasteiger partial charge in [-0.05, 0) is 25.1 Å². The molecule has 0 saturated heterocycles. The lowest BCUT2D eigenvalue weighted by atomic mass is 10.1. The summed E-state index contributed by atoms with van der Waals surface area (Å²) in [6.45, 7) is 2.01. The lowest BCUT2D eigenvalue weighted by molar-refractivity contribution is 0.0783. The molecule has 0 radical (unpaired) electrons. The van der Waals surface area contributed by atoms with Crippen molar-refractivity contribution in [3.05, 3.63) is 35.4 Å². The standard InChI is InChI=1S/C11H14F2N2O/c1-7(14)6-15(2)11(16)9-5-8(12)3-4-10(9)13/h3-5,7H,6,14H2,1-2H3. The Morgan fingerprint density at radius 1 is 1.50 bits per heavy atom. The van der Waals surface area contributed by atoms with E-state index < -0.39 is 17.5 Å². The fourth-order valence-corrected chi connectivity index (χ4v) is 1.38. The largest absolute Gasteiger partial charge is 0.340 e. The average Bonchev–Trinajstić information content (AvgIpc) is 2.19. The van der Waals surface area contributed by atoms with Crippen LogP contribution in [0, 0.1) is 11.6 Å². The maximum absolute atomic E-state index is 13.3. The van der Waals surface area contributed by atoms with Crippen molar-refractivity contribution in [2.45, 2.75) is 13.0 Å². The second-order valence-corrected chi connectivity index (χ2v) is 3.79. The number of likely N-dealkylation sites (N-methyl/N-ethyl adjacent to an activating group) is 1. The number of carbonyl (C=O) groups excluding carboxylic acids is 1. The van der Waals surface area contributed by atoms with Crippen LogP contribution in [0.1, 0.15) is 17.3 Å². The van der Waals surface area contributed by atoms with Gasteiger partial charge in [-0.25, -0.2) is 8.78 Å². The first-order valence-corrected chi connectivity index (χ1v) is 4.88. The highest BCUT2D eigenvalue weighted by atomic mass is 19.1. The van der Waals surface area contributed by atoms with E-state index in [1.807, 2.05) is 0 Å². The van der Waals surface area contributed by atoms with Gasteiger partial charge >= 0.3 is 0 Å². The maximum Gasteiger partial charge on any atom is 0.256 e. The Bertz CT molecular complexity index is 394. The van der Waals surface area contributed by atoms with Crippen molar-refractivity contribution < 1.29 is 13.6 Å². The van der Waals surface area contributed by atoms with Crippen molar-refractivity contribution in [1.82, 2.24) is 4.90 Å². The number of hydrogen-bond donors (Lipinski definition) is 1. The summed E-state index contributed by atoms with van der Waals surface area (Å²) in [4.78, 5) is 13.0. The molecule has 0 saturated carbocycles. The fourth-order valence-electron chi connectivity index (χ4n) is 1.38. The molecule has 1 aromatic rings. The van der Waals surface area contributed by atoms with Gasteiger partial charge < -0.3 is 10.6 Å². The minimum Gasteiger partial charge on any atom is -0.340 e. The Morgan fingerprint density at radius 2 is 2.12 bits per heavy atom. The van der Waals surface area contributed by atoms with E-state index in [4.69, 9.17) is 5.73 Å². The van der Waals surface area contributed by atoms with Crippen LogP contribution in [0.3, 0.4) is 0 Å². The van der Waals surface area contributed by atoms with Gasteiger partial charge in [-0.1, -0.05) is 0 Å². The van der Waals surface area contributed by atoms with Crippen LogP contribution in [0.25, 0.3) is 0 Å². The molecule has 0 aliphatic rings. The van der Waals surface area contributed by atoms with Gasteiger partial charge in [0, 0.05) is 19.6 Å². The summed E-state index contributed by atoms with van der Waals surface area (Å²) in [6.07, 6.45) is 0. The third-order valence-electron chi connectivity index (χ3n) is 2.07. The third-order valence-corrected chi connectivity index (χ3v) is 2.07. The van der Waals surface area contributed by atoms with Crippen LogP contribution in [-0.4, -0.2) is 30.4 Å². The first-order chi connectivity index (χ1) is 7.41. The topological polar surface area (TPSA) is 46.3 Å². The zero-order chi connectivity index (χ0) is 12.3. The fraction of sp³-hybridized carbons (Fsp3) is 0.364. The van der Waals surface area contributed by atoms with E-state index in [9.17, 15) is 13.6 Å². The molecule has 16 heavy (non-hydrogen) atoms. The molecule has 5 heteroatoms. The number of halogens is 2. The Kier molecular flexibility index (Phi) is 3.95. The van der Waals surface area contributed by atoms with Crippen molar-refractivity contribution >= 4 is 5.91 Å². The van der Waals surface area contributed by atoms with Crippen LogP contribution in [0.5, 0.6) is 0 Å². The predicted molar refractivity (Wildman–Crippen MR) is 57.0 cm³/mol. The van der Waals surface area contributed by atoms with Gasteiger partial charge in [0.1, 0.15) is 11.6 Å². The summed E-state index contributed by atoms with van der Waals surface area (Å²) in [5.74, 6) is -1.95. The molecule has 0 aliphatic heterocycles. The van der Waals surface area contributed by atoms with E-state index in [2.05, 4.69) is 0 Å². The number of nitrogens with zero attached hydrogens (tertiary/aromatic N) is 1. The van der Waals surface area contributed by atoms with E-state index in [0.29, 0.717) is 0 Å².